The van der Waals surface area contributed by atoms with Gasteiger partial charge in [-0.3, -0.25) is 20.0 Å². The summed E-state index contributed by atoms with van der Waals surface area (Å²) in [4.78, 5) is 18.0. The number of aryl methyl sites for hydroxylation is 6. The third kappa shape index (κ3) is 10.6. The van der Waals surface area contributed by atoms with Crippen molar-refractivity contribution in [2.45, 2.75) is 54.6 Å². The Bertz CT molecular complexity index is 1920. The van der Waals surface area contributed by atoms with Crippen molar-refractivity contribution in [3.8, 4) is 0 Å². The molecule has 0 fully saturated rings. The van der Waals surface area contributed by atoms with Crippen molar-refractivity contribution in [3.05, 3.63) is 177 Å². The van der Waals surface area contributed by atoms with E-state index in [1.807, 2.05) is 60.7 Å². The third-order valence-corrected chi connectivity index (χ3v) is 7.88. The van der Waals surface area contributed by atoms with Gasteiger partial charge in [0.05, 0.1) is 49.3 Å². The first-order chi connectivity index (χ1) is 24.2. The van der Waals surface area contributed by atoms with E-state index in [0.717, 1.165) is 22.9 Å². The lowest BCUT2D eigenvalue weighted by Crippen LogP contribution is -1.85. The van der Waals surface area contributed by atoms with Gasteiger partial charge in [-0.1, -0.05) is 96.1 Å². The van der Waals surface area contributed by atoms with E-state index in [1.54, 1.807) is 24.9 Å². The van der Waals surface area contributed by atoms with Crippen LogP contribution in [0.2, 0.25) is 0 Å². The summed E-state index contributed by atoms with van der Waals surface area (Å²) in [7, 11) is 0. The van der Waals surface area contributed by atoms with Crippen LogP contribution in [0.4, 0.5) is 11.4 Å². The monoisotopic (exact) mass is 660 g/mol. The minimum absolute atomic E-state index is 0.652. The van der Waals surface area contributed by atoms with Crippen LogP contribution in [0, 0.1) is 41.5 Å². The average molecular weight is 661 g/mol. The molecule has 6 nitrogen and oxygen atoms in total. The van der Waals surface area contributed by atoms with Gasteiger partial charge in [-0.2, -0.15) is 0 Å². The number of hydrogen-bond acceptors (Lipinski definition) is 6. The summed E-state index contributed by atoms with van der Waals surface area (Å²) in [6, 6.07) is 36.5. The van der Waals surface area contributed by atoms with E-state index in [1.165, 1.54) is 44.5 Å². The van der Waals surface area contributed by atoms with Crippen LogP contribution in [0.1, 0.15) is 67.5 Å². The molecule has 2 aromatic heterocycles. The summed E-state index contributed by atoms with van der Waals surface area (Å²) in [5.41, 5.74) is 11.5. The maximum atomic E-state index is 5.84. The highest BCUT2D eigenvalue weighted by Gasteiger charge is 2.05. The lowest BCUT2D eigenvalue weighted by molar-refractivity contribution is 0.552. The highest BCUT2D eigenvalue weighted by atomic mass is 16.3. The van der Waals surface area contributed by atoms with Gasteiger partial charge < -0.3 is 8.83 Å². The van der Waals surface area contributed by atoms with Gasteiger partial charge in [0.1, 0.15) is 23.0 Å². The van der Waals surface area contributed by atoms with Gasteiger partial charge >= 0.3 is 0 Å². The van der Waals surface area contributed by atoms with Crippen molar-refractivity contribution >= 4 is 36.2 Å². The number of benzene rings is 4. The van der Waals surface area contributed by atoms with E-state index >= 15 is 0 Å². The molecular weight excluding hydrogens is 617 g/mol. The predicted octanol–water partition coefficient (Wildman–Crippen LogP) is 11.1. The van der Waals surface area contributed by atoms with E-state index in [9.17, 15) is 0 Å². The minimum atomic E-state index is 0.652. The first-order valence-electron chi connectivity index (χ1n) is 16.7. The Labute approximate surface area is 295 Å². The second kappa shape index (κ2) is 17.5. The first-order valence-corrected chi connectivity index (χ1v) is 16.7. The first kappa shape index (κ1) is 35.4. The molecule has 0 aliphatic rings. The standard InChI is InChI=1S/C24H26N2O.C20H18N2O/c1-15-9-17(3)23(18(4)10-15)25-13-21-7-8-22(27-21)14-26-24-19(5)11-16(2)12-20(24)6;1-3-7-17(8-4-1)13-21-15-19-11-12-20(23-19)16-22-14-18-9-5-2-6-10-18/h7-14H,1-6H3;1-12,15-16H,13-14H2. The normalized spacial score (nSPS) is 11.6. The predicted molar refractivity (Wildman–Crippen MR) is 209 cm³/mol. The summed E-state index contributed by atoms with van der Waals surface area (Å²) in [5.74, 6) is 2.91. The molecular formula is C44H44N4O2. The number of aliphatic imine (C=N–C) groups is 4. The molecule has 0 saturated carbocycles. The van der Waals surface area contributed by atoms with Crippen LogP contribution in [0.15, 0.2) is 138 Å². The SMILES string of the molecule is C(=NCc1ccccc1)c1ccc(C=NCc2ccccc2)o1.Cc1cc(C)c(N=Cc2ccc(C=Nc3c(C)cc(C)cc3C)o2)c(C)c1. The van der Waals surface area contributed by atoms with Crippen LogP contribution in [0.25, 0.3) is 0 Å². The summed E-state index contributed by atoms with van der Waals surface area (Å²) in [6.07, 6.45) is 7.04. The summed E-state index contributed by atoms with van der Waals surface area (Å²) < 4.78 is 11.5. The third-order valence-electron chi connectivity index (χ3n) is 7.88. The van der Waals surface area contributed by atoms with Gasteiger partial charge in [0.25, 0.3) is 0 Å². The fourth-order valence-electron chi connectivity index (χ4n) is 5.67. The van der Waals surface area contributed by atoms with Crippen LogP contribution >= 0.6 is 0 Å². The Balaban J connectivity index is 0.000000197. The fraction of sp³-hybridized carbons (Fsp3) is 0.182. The largest absolute Gasteiger partial charge is 0.454 e. The molecule has 0 amide bonds. The van der Waals surface area contributed by atoms with Crippen molar-refractivity contribution in [2.75, 3.05) is 0 Å². The van der Waals surface area contributed by atoms with Crippen LogP contribution in [-0.2, 0) is 13.1 Å². The molecule has 252 valence electrons. The molecule has 0 atom stereocenters. The van der Waals surface area contributed by atoms with Crippen LogP contribution < -0.4 is 0 Å². The van der Waals surface area contributed by atoms with Gasteiger partial charge in [-0.25, -0.2) is 0 Å². The molecule has 6 heteroatoms. The molecule has 0 N–H and O–H groups in total. The topological polar surface area (TPSA) is 75.7 Å². The molecule has 0 radical (unpaired) electrons. The molecule has 0 spiro atoms. The quantitative estimate of drug-likeness (QED) is 0.137. The molecule has 0 unspecified atom stereocenters. The van der Waals surface area contributed by atoms with Crippen molar-refractivity contribution in [3.63, 3.8) is 0 Å². The van der Waals surface area contributed by atoms with Gasteiger partial charge in [0.15, 0.2) is 0 Å². The maximum Gasteiger partial charge on any atom is 0.145 e. The van der Waals surface area contributed by atoms with E-state index < -0.39 is 0 Å². The van der Waals surface area contributed by atoms with Gasteiger partial charge in [0, 0.05) is 0 Å². The second-order valence-electron chi connectivity index (χ2n) is 12.4. The van der Waals surface area contributed by atoms with Crippen molar-refractivity contribution < 1.29 is 8.83 Å². The highest BCUT2D eigenvalue weighted by molar-refractivity contribution is 5.84. The van der Waals surface area contributed by atoms with Crippen LogP contribution in [0.3, 0.4) is 0 Å². The Morgan fingerprint density at radius 3 is 1.08 bits per heavy atom. The van der Waals surface area contributed by atoms with Gasteiger partial charge in [-0.05, 0) is 99.2 Å². The van der Waals surface area contributed by atoms with E-state index in [-0.39, 0.29) is 0 Å². The minimum Gasteiger partial charge on any atom is -0.454 e. The smallest absolute Gasteiger partial charge is 0.145 e. The van der Waals surface area contributed by atoms with E-state index in [4.69, 9.17) is 8.83 Å². The van der Waals surface area contributed by atoms with E-state index in [2.05, 4.69) is 110 Å². The lowest BCUT2D eigenvalue weighted by Gasteiger charge is -2.06. The zero-order chi connectivity index (χ0) is 35.3. The molecule has 6 rings (SSSR count). The molecule has 0 saturated heterocycles. The average Bonchev–Trinajstić information content (AvgIpc) is 3.74. The molecule has 6 aromatic rings. The molecule has 0 aliphatic heterocycles. The van der Waals surface area contributed by atoms with Gasteiger partial charge in [-0.15, -0.1) is 0 Å². The van der Waals surface area contributed by atoms with Crippen LogP contribution in [-0.4, -0.2) is 24.9 Å². The second-order valence-corrected chi connectivity index (χ2v) is 12.4. The van der Waals surface area contributed by atoms with Crippen LogP contribution in [0.5, 0.6) is 0 Å². The fourth-order valence-corrected chi connectivity index (χ4v) is 5.67. The van der Waals surface area contributed by atoms with Gasteiger partial charge in [0.2, 0.25) is 0 Å². The Morgan fingerprint density at radius 2 is 0.740 bits per heavy atom. The number of hydrogen-bond donors (Lipinski definition) is 0. The molecule has 0 bridgehead atoms. The Morgan fingerprint density at radius 1 is 0.420 bits per heavy atom. The molecule has 4 aromatic carbocycles. The molecule has 0 aliphatic carbocycles. The van der Waals surface area contributed by atoms with Crippen molar-refractivity contribution in [1.29, 1.82) is 0 Å². The number of nitrogens with zero attached hydrogens (tertiary/aromatic N) is 4. The molecule has 50 heavy (non-hydrogen) atoms. The zero-order valence-electron chi connectivity index (χ0n) is 29.7. The van der Waals surface area contributed by atoms with Crippen molar-refractivity contribution in [2.24, 2.45) is 20.0 Å². The highest BCUT2D eigenvalue weighted by Crippen LogP contribution is 2.26. The molecule has 2 heterocycles. The van der Waals surface area contributed by atoms with Crippen molar-refractivity contribution in [1.82, 2.24) is 0 Å². The number of furan rings is 2. The summed E-state index contributed by atoms with van der Waals surface area (Å²) >= 11 is 0. The zero-order valence-corrected chi connectivity index (χ0v) is 29.7. The van der Waals surface area contributed by atoms with E-state index in [0.29, 0.717) is 24.6 Å². The summed E-state index contributed by atoms with van der Waals surface area (Å²) in [5, 5.41) is 0. The lowest BCUT2D eigenvalue weighted by atomic mass is 10.1. The summed E-state index contributed by atoms with van der Waals surface area (Å²) in [6.45, 7) is 13.8. The number of rotatable bonds is 10. The Hall–Kier alpha value is -5.88. The Kier molecular flexibility index (Phi) is 12.4. The maximum absolute atomic E-state index is 5.84.